The number of nitrogens with one attached hydrogen (secondary N) is 1. The molecule has 0 bridgehead atoms. The summed E-state index contributed by atoms with van der Waals surface area (Å²) in [4.78, 5) is 0. The largest absolute Gasteiger partial charge is 0.313 e. The van der Waals surface area contributed by atoms with E-state index in [1.54, 1.807) is 0 Å². The van der Waals surface area contributed by atoms with E-state index in [4.69, 9.17) is 0 Å². The Balaban J connectivity index is 2.21. The summed E-state index contributed by atoms with van der Waals surface area (Å²) in [5, 5.41) is 7.74. The van der Waals surface area contributed by atoms with Crippen LogP contribution in [0.2, 0.25) is 0 Å². The Bertz CT molecular complexity index is 265. The van der Waals surface area contributed by atoms with Crippen molar-refractivity contribution in [1.82, 2.24) is 15.1 Å². The normalized spacial score (nSPS) is 10.8. The van der Waals surface area contributed by atoms with Gasteiger partial charge in [-0.1, -0.05) is 19.8 Å². The zero-order valence-corrected chi connectivity index (χ0v) is 9.51. The van der Waals surface area contributed by atoms with Crippen molar-refractivity contribution in [2.24, 2.45) is 7.05 Å². The average Bonchev–Trinajstić information content (AvgIpc) is 2.45. The number of unbranched alkanes of at least 4 members (excludes halogenated alkanes) is 2. The summed E-state index contributed by atoms with van der Waals surface area (Å²) in [6.45, 7) is 6.35. The smallest absolute Gasteiger partial charge is 0.0638 e. The van der Waals surface area contributed by atoms with Crippen molar-refractivity contribution < 1.29 is 0 Å². The number of hydrogen-bond donors (Lipinski definition) is 1. The third-order valence-electron chi connectivity index (χ3n) is 2.39. The number of aryl methyl sites for hydroxylation is 2. The van der Waals surface area contributed by atoms with Gasteiger partial charge in [-0.25, -0.2) is 0 Å². The number of nitrogens with zero attached hydrogens (tertiary/aromatic N) is 2. The predicted molar refractivity (Wildman–Crippen MR) is 59.2 cm³/mol. The minimum atomic E-state index is 0.948. The van der Waals surface area contributed by atoms with Crippen LogP contribution in [-0.2, 0) is 13.6 Å². The van der Waals surface area contributed by atoms with E-state index >= 15 is 0 Å². The first-order valence-corrected chi connectivity index (χ1v) is 5.44. The standard InChI is InChI=1S/C11H21N3/c1-4-5-6-7-12-8-11-9-14(3)13-10(11)2/h9,12H,4-8H2,1-3H3. The van der Waals surface area contributed by atoms with E-state index in [2.05, 4.69) is 30.5 Å². The van der Waals surface area contributed by atoms with Gasteiger partial charge in [-0.05, 0) is 19.9 Å². The zero-order chi connectivity index (χ0) is 10.4. The lowest BCUT2D eigenvalue weighted by molar-refractivity contribution is 0.615. The van der Waals surface area contributed by atoms with Crippen LogP contribution in [0, 0.1) is 6.92 Å². The lowest BCUT2D eigenvalue weighted by Gasteiger charge is -2.02. The van der Waals surface area contributed by atoms with Crippen LogP contribution in [0.15, 0.2) is 6.20 Å². The van der Waals surface area contributed by atoms with E-state index in [1.165, 1.54) is 24.8 Å². The fraction of sp³-hybridized carbons (Fsp3) is 0.727. The highest BCUT2D eigenvalue weighted by Crippen LogP contribution is 2.03. The molecule has 80 valence electrons. The third-order valence-corrected chi connectivity index (χ3v) is 2.39. The van der Waals surface area contributed by atoms with Gasteiger partial charge in [-0.15, -0.1) is 0 Å². The summed E-state index contributed by atoms with van der Waals surface area (Å²) < 4.78 is 1.87. The van der Waals surface area contributed by atoms with E-state index < -0.39 is 0 Å². The summed E-state index contributed by atoms with van der Waals surface area (Å²) in [7, 11) is 1.97. The van der Waals surface area contributed by atoms with Crippen molar-refractivity contribution in [2.45, 2.75) is 39.7 Å². The molecule has 0 unspecified atom stereocenters. The van der Waals surface area contributed by atoms with Gasteiger partial charge in [0.25, 0.3) is 0 Å². The van der Waals surface area contributed by atoms with Crippen molar-refractivity contribution in [2.75, 3.05) is 6.54 Å². The first-order chi connectivity index (χ1) is 6.74. The molecule has 0 spiro atoms. The molecular weight excluding hydrogens is 174 g/mol. The van der Waals surface area contributed by atoms with Crippen LogP contribution >= 0.6 is 0 Å². The topological polar surface area (TPSA) is 29.9 Å². The number of rotatable bonds is 6. The maximum atomic E-state index is 4.30. The molecule has 0 aliphatic carbocycles. The molecule has 0 aliphatic heterocycles. The fourth-order valence-corrected chi connectivity index (χ4v) is 1.55. The number of hydrogen-bond acceptors (Lipinski definition) is 2. The van der Waals surface area contributed by atoms with E-state index in [1.807, 2.05) is 11.7 Å². The molecule has 14 heavy (non-hydrogen) atoms. The van der Waals surface area contributed by atoms with Gasteiger partial charge in [0.1, 0.15) is 0 Å². The Morgan fingerprint density at radius 1 is 1.43 bits per heavy atom. The van der Waals surface area contributed by atoms with Crippen molar-refractivity contribution in [3.8, 4) is 0 Å². The quantitative estimate of drug-likeness (QED) is 0.704. The van der Waals surface area contributed by atoms with Gasteiger partial charge in [0, 0.05) is 25.4 Å². The third kappa shape index (κ3) is 3.50. The molecule has 0 aromatic carbocycles. The Labute approximate surface area is 86.5 Å². The van der Waals surface area contributed by atoms with Crippen LogP contribution in [0.5, 0.6) is 0 Å². The molecule has 0 saturated heterocycles. The highest BCUT2D eigenvalue weighted by Gasteiger charge is 2.01. The average molecular weight is 195 g/mol. The van der Waals surface area contributed by atoms with E-state index in [9.17, 15) is 0 Å². The minimum absolute atomic E-state index is 0.948. The molecule has 1 aromatic rings. The first-order valence-electron chi connectivity index (χ1n) is 5.44. The molecular formula is C11H21N3. The van der Waals surface area contributed by atoms with E-state index in [-0.39, 0.29) is 0 Å². The van der Waals surface area contributed by atoms with Crippen LogP contribution in [-0.4, -0.2) is 16.3 Å². The van der Waals surface area contributed by atoms with Crippen LogP contribution < -0.4 is 5.32 Å². The van der Waals surface area contributed by atoms with Crippen molar-refractivity contribution >= 4 is 0 Å². The molecule has 1 heterocycles. The van der Waals surface area contributed by atoms with Gasteiger partial charge in [-0.3, -0.25) is 4.68 Å². The van der Waals surface area contributed by atoms with Gasteiger partial charge in [-0.2, -0.15) is 5.10 Å². The molecule has 0 radical (unpaired) electrons. The number of aromatic nitrogens is 2. The molecule has 1 aromatic heterocycles. The maximum absolute atomic E-state index is 4.30. The Hall–Kier alpha value is -0.830. The van der Waals surface area contributed by atoms with Crippen molar-refractivity contribution in [1.29, 1.82) is 0 Å². The maximum Gasteiger partial charge on any atom is 0.0638 e. The monoisotopic (exact) mass is 195 g/mol. The second-order valence-corrected chi connectivity index (χ2v) is 3.80. The van der Waals surface area contributed by atoms with Crippen LogP contribution in [0.4, 0.5) is 0 Å². The second-order valence-electron chi connectivity index (χ2n) is 3.80. The minimum Gasteiger partial charge on any atom is -0.313 e. The van der Waals surface area contributed by atoms with Gasteiger partial charge in [0.05, 0.1) is 5.69 Å². The Kier molecular flexibility index (Phi) is 4.66. The Morgan fingerprint density at radius 3 is 2.79 bits per heavy atom. The molecule has 0 fully saturated rings. The van der Waals surface area contributed by atoms with E-state index in [0.717, 1.165) is 18.8 Å². The molecule has 0 saturated carbocycles. The van der Waals surface area contributed by atoms with Crippen LogP contribution in [0.25, 0.3) is 0 Å². The summed E-state index contributed by atoms with van der Waals surface area (Å²) >= 11 is 0. The first kappa shape index (κ1) is 11.2. The molecule has 0 aliphatic rings. The summed E-state index contributed by atoms with van der Waals surface area (Å²) in [5.74, 6) is 0. The van der Waals surface area contributed by atoms with Crippen LogP contribution in [0.1, 0.15) is 37.4 Å². The lowest BCUT2D eigenvalue weighted by atomic mass is 10.2. The summed E-state index contributed by atoms with van der Waals surface area (Å²) in [5.41, 5.74) is 2.44. The molecule has 3 nitrogen and oxygen atoms in total. The van der Waals surface area contributed by atoms with Gasteiger partial charge >= 0.3 is 0 Å². The summed E-state index contributed by atoms with van der Waals surface area (Å²) in [6, 6.07) is 0. The molecule has 3 heteroatoms. The molecule has 1 N–H and O–H groups in total. The van der Waals surface area contributed by atoms with Gasteiger partial charge in [0.15, 0.2) is 0 Å². The van der Waals surface area contributed by atoms with Crippen molar-refractivity contribution in [3.63, 3.8) is 0 Å². The highest BCUT2D eigenvalue weighted by atomic mass is 15.2. The highest BCUT2D eigenvalue weighted by molar-refractivity contribution is 5.14. The SMILES string of the molecule is CCCCCNCc1cn(C)nc1C. The molecule has 0 amide bonds. The molecule has 0 atom stereocenters. The Morgan fingerprint density at radius 2 is 2.21 bits per heavy atom. The van der Waals surface area contributed by atoms with Crippen LogP contribution in [0.3, 0.4) is 0 Å². The van der Waals surface area contributed by atoms with Gasteiger partial charge in [0.2, 0.25) is 0 Å². The predicted octanol–water partition coefficient (Wildman–Crippen LogP) is 2.01. The van der Waals surface area contributed by atoms with E-state index in [0.29, 0.717) is 0 Å². The van der Waals surface area contributed by atoms with Gasteiger partial charge < -0.3 is 5.32 Å². The zero-order valence-electron chi connectivity index (χ0n) is 9.51. The fourth-order valence-electron chi connectivity index (χ4n) is 1.55. The lowest BCUT2D eigenvalue weighted by Crippen LogP contribution is -2.14. The second kappa shape index (κ2) is 5.81. The molecule has 1 rings (SSSR count). The van der Waals surface area contributed by atoms with Crippen molar-refractivity contribution in [3.05, 3.63) is 17.5 Å². The summed E-state index contributed by atoms with van der Waals surface area (Å²) in [6.07, 6.45) is 5.96.